The number of pyridine rings is 1. The van der Waals surface area contributed by atoms with Crippen LogP contribution in [0.15, 0.2) is 18.2 Å². The quantitative estimate of drug-likeness (QED) is 0.812. The minimum atomic E-state index is -0.631. The van der Waals surface area contributed by atoms with Gasteiger partial charge in [0.15, 0.2) is 5.82 Å². The van der Waals surface area contributed by atoms with Gasteiger partial charge in [-0.15, -0.1) is 0 Å². The first-order chi connectivity index (χ1) is 8.49. The van der Waals surface area contributed by atoms with E-state index >= 15 is 0 Å². The average Bonchev–Trinajstić information content (AvgIpc) is 2.27. The van der Waals surface area contributed by atoms with E-state index in [1.165, 1.54) is 0 Å². The first-order valence-electron chi connectivity index (χ1n) is 5.37. The van der Waals surface area contributed by atoms with Crippen LogP contribution < -0.4 is 11.5 Å². The minimum absolute atomic E-state index is 0.0771. The van der Waals surface area contributed by atoms with E-state index in [9.17, 15) is 4.79 Å². The Bertz CT molecular complexity index is 601. The second-order valence-corrected chi connectivity index (χ2v) is 3.92. The van der Waals surface area contributed by atoms with Crippen molar-refractivity contribution in [2.45, 2.75) is 13.8 Å². The van der Waals surface area contributed by atoms with E-state index in [1.807, 2.05) is 19.1 Å². The summed E-state index contributed by atoms with van der Waals surface area (Å²) in [5.74, 6) is -0.166. The Hall–Kier alpha value is -2.50. The van der Waals surface area contributed by atoms with Crippen molar-refractivity contribution >= 4 is 11.7 Å². The van der Waals surface area contributed by atoms with Gasteiger partial charge in [0.05, 0.1) is 5.69 Å². The molecule has 0 aliphatic rings. The van der Waals surface area contributed by atoms with Crippen molar-refractivity contribution in [2.24, 2.45) is 5.73 Å². The first-order valence-corrected chi connectivity index (χ1v) is 5.37. The normalized spacial score (nSPS) is 10.3. The fourth-order valence-electron chi connectivity index (χ4n) is 1.68. The lowest BCUT2D eigenvalue weighted by Crippen LogP contribution is -2.18. The maximum atomic E-state index is 11.2. The topological polar surface area (TPSA) is 108 Å². The lowest BCUT2D eigenvalue weighted by molar-refractivity contribution is 0.1000. The van der Waals surface area contributed by atoms with Crippen LogP contribution in [0.5, 0.6) is 0 Å². The highest BCUT2D eigenvalue weighted by molar-refractivity contribution is 5.98. The van der Waals surface area contributed by atoms with Crippen molar-refractivity contribution in [3.8, 4) is 11.5 Å². The van der Waals surface area contributed by atoms with Gasteiger partial charge in [-0.25, -0.2) is 15.0 Å². The van der Waals surface area contributed by atoms with Crippen LogP contribution in [0.4, 0.5) is 5.82 Å². The highest BCUT2D eigenvalue weighted by atomic mass is 16.1. The number of carbonyl (C=O) groups excluding carboxylic acids is 1. The maximum absolute atomic E-state index is 11.2. The molecule has 2 heterocycles. The molecule has 0 radical (unpaired) electrons. The molecule has 18 heavy (non-hydrogen) atoms. The monoisotopic (exact) mass is 243 g/mol. The van der Waals surface area contributed by atoms with Crippen LogP contribution in [0.3, 0.4) is 0 Å². The number of aryl methyl sites for hydroxylation is 2. The zero-order chi connectivity index (χ0) is 13.3. The number of aromatic nitrogens is 3. The standard InChI is InChI=1S/C12H13N5O/c1-6-4-3-5-8(15-6)12-16-7(2)9(11(14)18)10(13)17-12/h3-5H,1-2H3,(H2,14,18)(H2,13,16,17). The molecule has 0 saturated carbocycles. The highest BCUT2D eigenvalue weighted by Crippen LogP contribution is 2.18. The Morgan fingerprint density at radius 3 is 2.44 bits per heavy atom. The largest absolute Gasteiger partial charge is 0.383 e. The summed E-state index contributed by atoms with van der Waals surface area (Å²) in [7, 11) is 0. The van der Waals surface area contributed by atoms with E-state index in [4.69, 9.17) is 11.5 Å². The van der Waals surface area contributed by atoms with E-state index in [0.29, 0.717) is 17.2 Å². The molecule has 0 spiro atoms. The van der Waals surface area contributed by atoms with Gasteiger partial charge in [-0.1, -0.05) is 6.07 Å². The van der Waals surface area contributed by atoms with Gasteiger partial charge >= 0.3 is 0 Å². The molecular formula is C12H13N5O. The molecule has 1 amide bonds. The first kappa shape index (κ1) is 12.0. The number of rotatable bonds is 2. The van der Waals surface area contributed by atoms with Gasteiger partial charge in [0.1, 0.15) is 17.1 Å². The summed E-state index contributed by atoms with van der Waals surface area (Å²) in [6.07, 6.45) is 0. The lowest BCUT2D eigenvalue weighted by Gasteiger charge is -2.07. The van der Waals surface area contributed by atoms with Gasteiger partial charge in [-0.2, -0.15) is 0 Å². The van der Waals surface area contributed by atoms with Crippen LogP contribution in [0, 0.1) is 13.8 Å². The zero-order valence-electron chi connectivity index (χ0n) is 10.1. The van der Waals surface area contributed by atoms with Crippen LogP contribution in [0.2, 0.25) is 0 Å². The number of nitrogens with two attached hydrogens (primary N) is 2. The van der Waals surface area contributed by atoms with Crippen LogP contribution in [-0.2, 0) is 0 Å². The molecule has 0 fully saturated rings. The predicted molar refractivity (Wildman–Crippen MR) is 67.7 cm³/mol. The molecule has 2 aromatic heterocycles. The van der Waals surface area contributed by atoms with Crippen molar-refractivity contribution in [3.05, 3.63) is 35.2 Å². The molecule has 2 rings (SSSR count). The molecule has 0 saturated heterocycles. The van der Waals surface area contributed by atoms with Gasteiger partial charge in [0.25, 0.3) is 5.91 Å². The maximum Gasteiger partial charge on any atom is 0.254 e. The number of nitrogen functional groups attached to an aromatic ring is 1. The molecule has 2 aromatic rings. The van der Waals surface area contributed by atoms with Gasteiger partial charge in [0.2, 0.25) is 0 Å². The molecule has 92 valence electrons. The molecule has 0 aliphatic heterocycles. The molecule has 6 heteroatoms. The van der Waals surface area contributed by atoms with Crippen LogP contribution in [-0.4, -0.2) is 20.9 Å². The molecule has 0 unspecified atom stereocenters. The molecular weight excluding hydrogens is 230 g/mol. The number of amides is 1. The molecule has 0 aliphatic carbocycles. The van der Waals surface area contributed by atoms with Crippen molar-refractivity contribution in [2.75, 3.05) is 5.73 Å². The van der Waals surface area contributed by atoms with Crippen LogP contribution >= 0.6 is 0 Å². The molecule has 0 aromatic carbocycles. The summed E-state index contributed by atoms with van der Waals surface area (Å²) >= 11 is 0. The lowest BCUT2D eigenvalue weighted by atomic mass is 10.2. The third-order valence-corrected chi connectivity index (χ3v) is 2.48. The average molecular weight is 243 g/mol. The van der Waals surface area contributed by atoms with Crippen molar-refractivity contribution in [1.29, 1.82) is 0 Å². The van der Waals surface area contributed by atoms with Crippen LogP contribution in [0.1, 0.15) is 21.7 Å². The third kappa shape index (κ3) is 2.13. The minimum Gasteiger partial charge on any atom is -0.383 e. The van der Waals surface area contributed by atoms with E-state index in [1.54, 1.807) is 13.0 Å². The number of anilines is 1. The Balaban J connectivity index is 2.58. The molecule has 4 N–H and O–H groups in total. The number of carbonyl (C=O) groups is 1. The smallest absolute Gasteiger partial charge is 0.254 e. The SMILES string of the molecule is Cc1cccc(-c2nc(C)c(C(N)=O)c(N)n2)n1. The Kier molecular flexibility index (Phi) is 2.93. The van der Waals surface area contributed by atoms with Gasteiger partial charge in [0, 0.05) is 5.69 Å². The molecule has 6 nitrogen and oxygen atoms in total. The second kappa shape index (κ2) is 4.40. The summed E-state index contributed by atoms with van der Waals surface area (Å²) in [5, 5.41) is 0. The zero-order valence-corrected chi connectivity index (χ0v) is 10.1. The van der Waals surface area contributed by atoms with Crippen LogP contribution in [0.25, 0.3) is 11.5 Å². The molecule has 0 bridgehead atoms. The van der Waals surface area contributed by atoms with E-state index in [2.05, 4.69) is 15.0 Å². The number of hydrogen-bond acceptors (Lipinski definition) is 5. The summed E-state index contributed by atoms with van der Waals surface area (Å²) in [4.78, 5) is 23.8. The Morgan fingerprint density at radius 2 is 1.89 bits per heavy atom. The van der Waals surface area contributed by atoms with Crippen molar-refractivity contribution in [3.63, 3.8) is 0 Å². The second-order valence-electron chi connectivity index (χ2n) is 3.92. The number of hydrogen-bond donors (Lipinski definition) is 2. The van der Waals surface area contributed by atoms with Crippen molar-refractivity contribution in [1.82, 2.24) is 15.0 Å². The fourth-order valence-corrected chi connectivity index (χ4v) is 1.68. The predicted octanol–water partition coefficient (Wildman–Crippen LogP) is 0.837. The fraction of sp³-hybridized carbons (Fsp3) is 0.167. The summed E-state index contributed by atoms with van der Waals surface area (Å²) < 4.78 is 0. The van der Waals surface area contributed by atoms with Gasteiger partial charge in [-0.3, -0.25) is 4.79 Å². The van der Waals surface area contributed by atoms with Crippen molar-refractivity contribution < 1.29 is 4.79 Å². The summed E-state index contributed by atoms with van der Waals surface area (Å²) in [5.41, 5.74) is 13.0. The summed E-state index contributed by atoms with van der Waals surface area (Å²) in [6.45, 7) is 3.54. The van der Waals surface area contributed by atoms with E-state index in [-0.39, 0.29) is 11.4 Å². The number of primary amides is 1. The third-order valence-electron chi connectivity index (χ3n) is 2.48. The summed E-state index contributed by atoms with van der Waals surface area (Å²) in [6, 6.07) is 5.51. The van der Waals surface area contributed by atoms with E-state index in [0.717, 1.165) is 5.69 Å². The van der Waals surface area contributed by atoms with E-state index < -0.39 is 5.91 Å². The number of nitrogens with zero attached hydrogens (tertiary/aromatic N) is 3. The van der Waals surface area contributed by atoms with Gasteiger partial charge < -0.3 is 11.5 Å². The Labute approximate surface area is 104 Å². The molecule has 0 atom stereocenters. The van der Waals surface area contributed by atoms with Gasteiger partial charge in [-0.05, 0) is 26.0 Å². The Morgan fingerprint density at radius 1 is 1.17 bits per heavy atom. The highest BCUT2D eigenvalue weighted by Gasteiger charge is 2.15.